The second-order valence-corrected chi connectivity index (χ2v) is 5.18. The van der Waals surface area contributed by atoms with Gasteiger partial charge in [0.1, 0.15) is 0 Å². The lowest BCUT2D eigenvalue weighted by molar-refractivity contribution is 0.550. The maximum absolute atomic E-state index is 5.30. The molecular formula is C14H13N3S. The van der Waals surface area contributed by atoms with Gasteiger partial charge in [-0.3, -0.25) is 4.90 Å². The van der Waals surface area contributed by atoms with Crippen molar-refractivity contribution in [1.82, 2.24) is 0 Å². The highest BCUT2D eigenvalue weighted by molar-refractivity contribution is 7.80. The van der Waals surface area contributed by atoms with Crippen LogP contribution in [0.2, 0.25) is 0 Å². The number of anilines is 1. The van der Waals surface area contributed by atoms with E-state index < -0.39 is 5.66 Å². The molecule has 4 heteroatoms. The van der Waals surface area contributed by atoms with E-state index in [0.29, 0.717) is 5.11 Å². The minimum atomic E-state index is -0.415. The summed E-state index contributed by atoms with van der Waals surface area (Å²) < 4.78 is 0. The lowest BCUT2D eigenvalue weighted by atomic mass is 10.1. The van der Waals surface area contributed by atoms with Gasteiger partial charge in [0.2, 0.25) is 5.11 Å². The van der Waals surface area contributed by atoms with Gasteiger partial charge in [0.25, 0.3) is 0 Å². The molecule has 0 bridgehead atoms. The number of rotatable bonds is 1. The van der Waals surface area contributed by atoms with Crippen molar-refractivity contribution in [1.29, 1.82) is 0 Å². The van der Waals surface area contributed by atoms with Crippen molar-refractivity contribution < 1.29 is 0 Å². The number of thiocarbonyl (C=S) groups is 1. The highest BCUT2D eigenvalue weighted by atomic mass is 32.1. The fourth-order valence-corrected chi connectivity index (χ4v) is 2.65. The number of nitrogens with zero attached hydrogens (tertiary/aromatic N) is 3. The molecule has 0 N–H and O–H groups in total. The van der Waals surface area contributed by atoms with Gasteiger partial charge in [-0.2, -0.15) is 5.11 Å². The predicted molar refractivity (Wildman–Crippen MR) is 78.0 cm³/mol. The number of fused-ring (bicyclic) bond motifs is 1. The summed E-state index contributed by atoms with van der Waals surface area (Å²) >= 11 is 5.30. The van der Waals surface area contributed by atoms with Crippen molar-refractivity contribution in [2.75, 3.05) is 4.90 Å². The summed E-state index contributed by atoms with van der Waals surface area (Å²) in [6, 6.07) is 14.5. The van der Waals surface area contributed by atoms with Gasteiger partial charge in [0.15, 0.2) is 5.66 Å². The molecule has 18 heavy (non-hydrogen) atoms. The van der Waals surface area contributed by atoms with E-state index in [9.17, 15) is 0 Å². The second-order valence-electron chi connectivity index (χ2n) is 4.81. The largest absolute Gasteiger partial charge is 0.288 e. The van der Waals surface area contributed by atoms with Crippen molar-refractivity contribution in [2.45, 2.75) is 19.5 Å². The molecule has 0 aliphatic carbocycles. The molecule has 3 nitrogen and oxygen atoms in total. The van der Waals surface area contributed by atoms with Gasteiger partial charge < -0.3 is 0 Å². The van der Waals surface area contributed by atoms with Crippen molar-refractivity contribution >= 4 is 33.8 Å². The minimum absolute atomic E-state index is 0.415. The molecule has 1 aliphatic heterocycles. The molecule has 0 saturated carbocycles. The van der Waals surface area contributed by atoms with E-state index in [2.05, 4.69) is 34.5 Å². The first kappa shape index (κ1) is 11.3. The van der Waals surface area contributed by atoms with Crippen LogP contribution in [0.25, 0.3) is 10.8 Å². The third-order valence-electron chi connectivity index (χ3n) is 3.13. The van der Waals surface area contributed by atoms with Crippen LogP contribution < -0.4 is 4.90 Å². The van der Waals surface area contributed by atoms with Crippen molar-refractivity contribution in [3.05, 3.63) is 42.5 Å². The number of benzene rings is 2. The summed E-state index contributed by atoms with van der Waals surface area (Å²) in [5.41, 5.74) is 0.648. The summed E-state index contributed by atoms with van der Waals surface area (Å²) in [6.07, 6.45) is 0. The first-order valence-corrected chi connectivity index (χ1v) is 6.25. The molecule has 2 aromatic carbocycles. The van der Waals surface area contributed by atoms with Gasteiger partial charge >= 0.3 is 0 Å². The Bertz CT molecular complexity index is 656. The van der Waals surface area contributed by atoms with Crippen molar-refractivity contribution in [3.63, 3.8) is 0 Å². The molecule has 0 aromatic heterocycles. The van der Waals surface area contributed by atoms with E-state index in [1.54, 1.807) is 0 Å². The summed E-state index contributed by atoms with van der Waals surface area (Å²) in [5.74, 6) is 0. The van der Waals surface area contributed by atoms with E-state index >= 15 is 0 Å². The Kier molecular flexibility index (Phi) is 2.41. The predicted octanol–water partition coefficient (Wildman–Crippen LogP) is 4.13. The van der Waals surface area contributed by atoms with Gasteiger partial charge in [0.05, 0.1) is 5.69 Å². The number of hydrogen-bond acceptors (Lipinski definition) is 2. The standard InChI is InChI=1S/C14H13N3S/c1-14(2)16-15-13(18)17(14)12-9-5-7-10-6-3-4-8-11(10)12/h3-9H,1-2H3. The maximum atomic E-state index is 5.30. The van der Waals surface area contributed by atoms with Crippen LogP contribution in [0, 0.1) is 0 Å². The topological polar surface area (TPSA) is 28.0 Å². The van der Waals surface area contributed by atoms with Gasteiger partial charge in [-0.05, 0) is 37.5 Å². The molecule has 0 amide bonds. The Morgan fingerprint density at radius 1 is 1.06 bits per heavy atom. The quantitative estimate of drug-likeness (QED) is 0.716. The molecule has 0 unspecified atom stereocenters. The highest BCUT2D eigenvalue weighted by Crippen LogP contribution is 2.35. The van der Waals surface area contributed by atoms with Crippen LogP contribution in [-0.2, 0) is 0 Å². The Morgan fingerprint density at radius 3 is 2.50 bits per heavy atom. The SMILES string of the molecule is CC1(C)N=NC(=S)N1c1cccc2ccccc12. The molecule has 1 aliphatic rings. The molecule has 3 rings (SSSR count). The zero-order chi connectivity index (χ0) is 12.8. The average molecular weight is 255 g/mol. The monoisotopic (exact) mass is 255 g/mol. The van der Waals surface area contributed by atoms with Gasteiger partial charge in [-0.15, -0.1) is 5.11 Å². The van der Waals surface area contributed by atoms with Crippen molar-refractivity contribution in [3.8, 4) is 0 Å². The van der Waals surface area contributed by atoms with Crippen LogP contribution in [0.4, 0.5) is 5.69 Å². The third-order valence-corrected chi connectivity index (χ3v) is 3.39. The van der Waals surface area contributed by atoms with Gasteiger partial charge in [-0.25, -0.2) is 0 Å². The summed E-state index contributed by atoms with van der Waals surface area (Å²) in [7, 11) is 0. The molecule has 90 valence electrons. The summed E-state index contributed by atoms with van der Waals surface area (Å²) in [6.45, 7) is 4.02. The molecule has 0 saturated heterocycles. The van der Waals surface area contributed by atoms with Crippen LogP contribution in [0.1, 0.15) is 13.8 Å². The molecule has 0 spiro atoms. The number of hydrogen-bond donors (Lipinski definition) is 0. The molecule has 0 atom stereocenters. The first-order valence-electron chi connectivity index (χ1n) is 5.84. The number of azo groups is 1. The molecule has 0 radical (unpaired) electrons. The lowest BCUT2D eigenvalue weighted by Crippen LogP contribution is -2.40. The van der Waals surface area contributed by atoms with Crippen LogP contribution in [0.5, 0.6) is 0 Å². The fraction of sp³-hybridized carbons (Fsp3) is 0.214. The van der Waals surface area contributed by atoms with E-state index in [1.807, 2.05) is 36.9 Å². The molecular weight excluding hydrogens is 242 g/mol. The van der Waals surface area contributed by atoms with Crippen LogP contribution in [-0.4, -0.2) is 10.8 Å². The Hall–Kier alpha value is -1.81. The lowest BCUT2D eigenvalue weighted by Gasteiger charge is -2.30. The maximum Gasteiger partial charge on any atom is 0.222 e. The Labute approximate surface area is 111 Å². The zero-order valence-electron chi connectivity index (χ0n) is 10.3. The average Bonchev–Trinajstić information content (AvgIpc) is 2.63. The fourth-order valence-electron chi connectivity index (χ4n) is 2.29. The Balaban J connectivity index is 2.24. The van der Waals surface area contributed by atoms with Crippen LogP contribution >= 0.6 is 12.2 Å². The minimum Gasteiger partial charge on any atom is -0.288 e. The van der Waals surface area contributed by atoms with Crippen LogP contribution in [0.15, 0.2) is 52.7 Å². The van der Waals surface area contributed by atoms with E-state index in [0.717, 1.165) is 5.69 Å². The smallest absolute Gasteiger partial charge is 0.222 e. The molecule has 1 heterocycles. The van der Waals surface area contributed by atoms with E-state index in [1.165, 1.54) is 10.8 Å². The third kappa shape index (κ3) is 1.61. The highest BCUT2D eigenvalue weighted by Gasteiger charge is 2.35. The normalized spacial score (nSPS) is 17.7. The zero-order valence-corrected chi connectivity index (χ0v) is 11.1. The second kappa shape index (κ2) is 3.85. The van der Waals surface area contributed by atoms with Gasteiger partial charge in [0, 0.05) is 5.39 Å². The first-order chi connectivity index (χ1) is 8.59. The molecule has 2 aromatic rings. The molecule has 0 fully saturated rings. The van der Waals surface area contributed by atoms with Gasteiger partial charge in [-0.1, -0.05) is 36.4 Å². The summed E-state index contributed by atoms with van der Waals surface area (Å²) in [5, 5.41) is 11.1. The van der Waals surface area contributed by atoms with E-state index in [-0.39, 0.29) is 0 Å². The van der Waals surface area contributed by atoms with E-state index in [4.69, 9.17) is 12.2 Å². The Morgan fingerprint density at radius 2 is 1.78 bits per heavy atom. The summed E-state index contributed by atoms with van der Waals surface area (Å²) in [4.78, 5) is 2.00. The van der Waals surface area contributed by atoms with Crippen LogP contribution in [0.3, 0.4) is 0 Å². The van der Waals surface area contributed by atoms with Crippen molar-refractivity contribution in [2.24, 2.45) is 10.2 Å².